The molecule has 2 aromatic rings. The zero-order valence-electron chi connectivity index (χ0n) is 31.5. The Morgan fingerprint density at radius 3 is 0.740 bits per heavy atom. The van der Waals surface area contributed by atoms with E-state index >= 15 is 0 Å². The van der Waals surface area contributed by atoms with Gasteiger partial charge in [0, 0.05) is 10.8 Å². The fourth-order valence-corrected chi connectivity index (χ4v) is 5.97. The molecule has 50 heavy (non-hydrogen) atoms. The maximum atomic E-state index is 13.6. The van der Waals surface area contributed by atoms with E-state index in [9.17, 15) is 19.2 Å². The predicted octanol–water partition coefficient (Wildman–Crippen LogP) is 11.3. The summed E-state index contributed by atoms with van der Waals surface area (Å²) in [5, 5.41) is 0.290. The number of rotatable bonds is 28. The van der Waals surface area contributed by atoms with Crippen molar-refractivity contribution in [1.29, 1.82) is 0 Å². The zero-order chi connectivity index (χ0) is 36.4. The van der Waals surface area contributed by atoms with E-state index in [-0.39, 0.29) is 59.5 Å². The van der Waals surface area contributed by atoms with Crippen LogP contribution in [0.4, 0.5) is 0 Å². The fraction of sp³-hybridized carbons (Fsp3) is 0.667. The molecule has 0 spiro atoms. The van der Waals surface area contributed by atoms with Crippen LogP contribution in [0.5, 0.6) is 0 Å². The SMILES string of the molecule is CCCCCCCOC(=O)c1ccc(C(=O)OCCCCCCC)c2c(C(=O)OCCCCCCC)ccc(C(=O)OCCCCCCC)c12. The third kappa shape index (κ3) is 15.2. The summed E-state index contributed by atoms with van der Waals surface area (Å²) >= 11 is 0. The zero-order valence-corrected chi connectivity index (χ0v) is 31.5. The Morgan fingerprint density at radius 1 is 0.340 bits per heavy atom. The van der Waals surface area contributed by atoms with Crippen LogP contribution in [0.25, 0.3) is 10.8 Å². The monoisotopic (exact) mass is 696 g/mol. The second kappa shape index (κ2) is 26.4. The maximum absolute atomic E-state index is 13.6. The summed E-state index contributed by atoms with van der Waals surface area (Å²) in [6.45, 7) is 9.48. The Labute approximate surface area is 301 Å². The molecule has 8 heteroatoms. The van der Waals surface area contributed by atoms with Gasteiger partial charge in [0.05, 0.1) is 48.7 Å². The number of esters is 4. The topological polar surface area (TPSA) is 105 Å². The lowest BCUT2D eigenvalue weighted by atomic mass is 9.91. The maximum Gasteiger partial charge on any atom is 0.338 e. The third-order valence-corrected chi connectivity index (χ3v) is 8.96. The highest BCUT2D eigenvalue weighted by Gasteiger charge is 2.28. The number of hydrogen-bond acceptors (Lipinski definition) is 8. The van der Waals surface area contributed by atoms with E-state index in [1.54, 1.807) is 0 Å². The summed E-state index contributed by atoms with van der Waals surface area (Å²) in [6.07, 6.45) is 19.8. The summed E-state index contributed by atoms with van der Waals surface area (Å²) in [5.74, 6) is -2.51. The first-order chi connectivity index (χ1) is 24.4. The number of unbranched alkanes of at least 4 members (excludes halogenated alkanes) is 16. The molecule has 0 bridgehead atoms. The van der Waals surface area contributed by atoms with Gasteiger partial charge in [0.25, 0.3) is 0 Å². The van der Waals surface area contributed by atoms with E-state index in [0.717, 1.165) is 128 Å². The van der Waals surface area contributed by atoms with Crippen LogP contribution in [0.15, 0.2) is 24.3 Å². The largest absolute Gasteiger partial charge is 0.462 e. The number of hydrogen-bond donors (Lipinski definition) is 0. The lowest BCUT2D eigenvalue weighted by molar-refractivity contribution is 0.0477. The van der Waals surface area contributed by atoms with Crippen molar-refractivity contribution < 1.29 is 38.1 Å². The van der Waals surface area contributed by atoms with Gasteiger partial charge in [0.1, 0.15) is 0 Å². The Morgan fingerprint density at radius 2 is 0.540 bits per heavy atom. The number of carbonyl (C=O) groups is 4. The first-order valence-electron chi connectivity index (χ1n) is 19.7. The van der Waals surface area contributed by atoms with Crippen molar-refractivity contribution in [3.63, 3.8) is 0 Å². The molecule has 0 aliphatic heterocycles. The van der Waals surface area contributed by atoms with Crippen LogP contribution in [-0.2, 0) is 18.9 Å². The van der Waals surface area contributed by atoms with Gasteiger partial charge in [-0.2, -0.15) is 0 Å². The summed E-state index contributed by atoms with van der Waals surface area (Å²) < 4.78 is 22.8. The Bertz CT molecular complexity index is 1110. The van der Waals surface area contributed by atoms with Crippen molar-refractivity contribution in [3.8, 4) is 0 Å². The Balaban J connectivity index is 2.53. The van der Waals surface area contributed by atoms with E-state index in [0.29, 0.717) is 0 Å². The normalized spacial score (nSPS) is 11.0. The quantitative estimate of drug-likeness (QED) is 0.0492. The van der Waals surface area contributed by atoms with E-state index in [2.05, 4.69) is 27.7 Å². The molecule has 0 aliphatic rings. The van der Waals surface area contributed by atoms with Gasteiger partial charge < -0.3 is 18.9 Å². The second-order valence-electron chi connectivity index (χ2n) is 13.3. The highest BCUT2D eigenvalue weighted by molar-refractivity contribution is 6.22. The summed E-state index contributed by atoms with van der Waals surface area (Å²) in [7, 11) is 0. The van der Waals surface area contributed by atoms with E-state index < -0.39 is 23.9 Å². The molecule has 0 saturated carbocycles. The average Bonchev–Trinajstić information content (AvgIpc) is 3.12. The Kier molecular flexibility index (Phi) is 22.6. The van der Waals surface area contributed by atoms with Gasteiger partial charge in [-0.1, -0.05) is 130 Å². The molecule has 2 aromatic carbocycles. The first kappa shape index (κ1) is 42.7. The minimum absolute atomic E-state index is 0.0915. The molecule has 0 fully saturated rings. The minimum Gasteiger partial charge on any atom is -0.462 e. The molecule has 0 aromatic heterocycles. The molecule has 2 rings (SSSR count). The van der Waals surface area contributed by atoms with Crippen LogP contribution in [0, 0.1) is 0 Å². The van der Waals surface area contributed by atoms with E-state index in [1.807, 2.05) is 0 Å². The standard InChI is InChI=1S/C42H64O8/c1-5-9-13-17-21-29-47-39(43)33-25-26-35(41(45)49-31-23-19-15-11-7-3)38-36(42(46)50-32-24-20-16-12-8-4)28-27-34(37(33)38)40(44)48-30-22-18-14-10-6-2/h25-28H,5-24,29-32H2,1-4H3. The van der Waals surface area contributed by atoms with Crippen LogP contribution in [-0.4, -0.2) is 50.3 Å². The van der Waals surface area contributed by atoms with Crippen molar-refractivity contribution in [3.05, 3.63) is 46.5 Å². The molecule has 280 valence electrons. The summed E-state index contributed by atoms with van der Waals surface area (Å²) in [5.41, 5.74) is 0.366. The molecule has 8 nitrogen and oxygen atoms in total. The number of ether oxygens (including phenoxy) is 4. The van der Waals surface area contributed by atoms with Crippen LogP contribution in [0.2, 0.25) is 0 Å². The van der Waals surface area contributed by atoms with Crippen molar-refractivity contribution in [2.45, 2.75) is 156 Å². The Hall–Kier alpha value is -3.42. The number of benzene rings is 2. The van der Waals surface area contributed by atoms with Crippen molar-refractivity contribution in [1.82, 2.24) is 0 Å². The highest BCUT2D eigenvalue weighted by Crippen LogP contribution is 2.32. The fourth-order valence-electron chi connectivity index (χ4n) is 5.97. The average molecular weight is 697 g/mol. The van der Waals surface area contributed by atoms with Crippen molar-refractivity contribution in [2.75, 3.05) is 26.4 Å². The van der Waals surface area contributed by atoms with Crippen LogP contribution in [0.1, 0.15) is 198 Å². The highest BCUT2D eigenvalue weighted by atomic mass is 16.5. The van der Waals surface area contributed by atoms with Gasteiger partial charge >= 0.3 is 23.9 Å². The molecule has 0 radical (unpaired) electrons. The van der Waals surface area contributed by atoms with Crippen molar-refractivity contribution in [2.24, 2.45) is 0 Å². The van der Waals surface area contributed by atoms with Gasteiger partial charge in [-0.15, -0.1) is 0 Å². The van der Waals surface area contributed by atoms with Gasteiger partial charge in [-0.25, -0.2) is 19.2 Å². The smallest absolute Gasteiger partial charge is 0.338 e. The third-order valence-electron chi connectivity index (χ3n) is 8.96. The van der Waals surface area contributed by atoms with Crippen LogP contribution >= 0.6 is 0 Å². The molecule has 0 heterocycles. The van der Waals surface area contributed by atoms with Crippen molar-refractivity contribution >= 4 is 34.6 Å². The van der Waals surface area contributed by atoms with E-state index in [4.69, 9.17) is 18.9 Å². The second-order valence-corrected chi connectivity index (χ2v) is 13.3. The predicted molar refractivity (Wildman–Crippen MR) is 200 cm³/mol. The minimum atomic E-state index is -0.628. The first-order valence-corrected chi connectivity index (χ1v) is 19.7. The summed E-state index contributed by atoms with van der Waals surface area (Å²) in [6, 6.07) is 5.96. The molecule has 0 saturated heterocycles. The molecule has 0 unspecified atom stereocenters. The molecular weight excluding hydrogens is 632 g/mol. The van der Waals surface area contributed by atoms with Crippen LogP contribution < -0.4 is 0 Å². The van der Waals surface area contributed by atoms with Gasteiger partial charge in [0.15, 0.2) is 0 Å². The van der Waals surface area contributed by atoms with Crippen LogP contribution in [0.3, 0.4) is 0 Å². The van der Waals surface area contributed by atoms with E-state index in [1.165, 1.54) is 24.3 Å². The molecule has 0 amide bonds. The number of fused-ring (bicyclic) bond motifs is 1. The molecular formula is C42H64O8. The van der Waals surface area contributed by atoms with Gasteiger partial charge in [-0.3, -0.25) is 0 Å². The molecule has 0 atom stereocenters. The van der Waals surface area contributed by atoms with Gasteiger partial charge in [-0.05, 0) is 49.9 Å². The lowest BCUT2D eigenvalue weighted by Crippen LogP contribution is -2.17. The molecule has 0 N–H and O–H groups in total. The molecule has 0 aliphatic carbocycles. The lowest BCUT2D eigenvalue weighted by Gasteiger charge is -2.17. The van der Waals surface area contributed by atoms with Gasteiger partial charge in [0.2, 0.25) is 0 Å². The summed E-state index contributed by atoms with van der Waals surface area (Å²) in [4.78, 5) is 54.5. The number of carbonyl (C=O) groups excluding carboxylic acids is 4.